The molecule has 1 fully saturated rings. The van der Waals surface area contributed by atoms with Crippen molar-refractivity contribution < 1.29 is 20.2 Å². The average Bonchev–Trinajstić information content (AvgIpc) is 2.57. The zero-order chi connectivity index (χ0) is 12.6. The maximum absolute atomic E-state index is 11.4. The summed E-state index contributed by atoms with van der Waals surface area (Å²) in [5.41, 5.74) is 4.36. The van der Waals surface area contributed by atoms with Crippen molar-refractivity contribution in [3.63, 3.8) is 0 Å². The minimum atomic E-state index is -1.52. The summed E-state index contributed by atoms with van der Waals surface area (Å²) in [4.78, 5) is 23.3. The summed E-state index contributed by atoms with van der Waals surface area (Å²) >= 11 is 0. The fourth-order valence-corrected chi connectivity index (χ4v) is 1.38. The molecule has 3 atom stereocenters. The molecular formula is C7H11N5O5. The molecule has 10 nitrogen and oxygen atoms in total. The van der Waals surface area contributed by atoms with Crippen LogP contribution in [0.3, 0.4) is 0 Å². The molecule has 17 heavy (non-hydrogen) atoms. The molecule has 0 bridgehead atoms. The minimum Gasteiger partial charge on any atom is -0.393 e. The zero-order valence-corrected chi connectivity index (χ0v) is 8.54. The van der Waals surface area contributed by atoms with Crippen molar-refractivity contribution in [1.82, 2.24) is 14.6 Å². The second-order valence-electron chi connectivity index (χ2n) is 3.37. The number of aliphatic hydroxyl groups is 3. The maximum atomic E-state index is 11.4. The van der Waals surface area contributed by atoms with Gasteiger partial charge in [0.1, 0.15) is 18.5 Å². The van der Waals surface area contributed by atoms with Crippen molar-refractivity contribution in [1.29, 1.82) is 0 Å². The topological polar surface area (TPSA) is 147 Å². The van der Waals surface area contributed by atoms with Gasteiger partial charge in [0.2, 0.25) is 5.95 Å². The Bertz CT molecular complexity index is 464. The molecule has 0 saturated carbocycles. The Morgan fingerprint density at radius 3 is 2.76 bits per heavy atom. The van der Waals surface area contributed by atoms with Gasteiger partial charge in [-0.15, -0.1) is 0 Å². The highest BCUT2D eigenvalue weighted by Gasteiger charge is 2.42. The lowest BCUT2D eigenvalue weighted by Gasteiger charge is -2.21. The average molecular weight is 245 g/mol. The molecule has 0 spiro atoms. The van der Waals surface area contributed by atoms with E-state index in [1.807, 2.05) is 0 Å². The fraction of sp³-hybridized carbons (Fsp3) is 0.571. The van der Waals surface area contributed by atoms with Gasteiger partial charge in [-0.05, 0) is 0 Å². The number of rotatable bonds is 2. The van der Waals surface area contributed by atoms with Gasteiger partial charge in [0, 0.05) is 0 Å². The predicted octanol–water partition coefficient (Wildman–Crippen LogP) is -3.86. The molecule has 1 aromatic rings. The highest BCUT2D eigenvalue weighted by atomic mass is 16.8. The lowest BCUT2D eigenvalue weighted by molar-refractivity contribution is -0.0238. The van der Waals surface area contributed by atoms with Crippen molar-refractivity contribution in [2.24, 2.45) is 0 Å². The maximum Gasteiger partial charge on any atom is 0.372 e. The normalized spacial score (nSPS) is 28.6. The van der Waals surface area contributed by atoms with E-state index in [1.165, 1.54) is 0 Å². The summed E-state index contributed by atoms with van der Waals surface area (Å²) < 4.78 is 0.736. The molecule has 2 rings (SSSR count). The highest BCUT2D eigenvalue weighted by molar-refractivity contribution is 5.10. The van der Waals surface area contributed by atoms with Gasteiger partial charge in [-0.3, -0.25) is 0 Å². The lowest BCUT2D eigenvalue weighted by Crippen LogP contribution is -2.47. The van der Waals surface area contributed by atoms with Crippen LogP contribution < -0.4 is 16.6 Å². The lowest BCUT2D eigenvalue weighted by atomic mass is 10.2. The summed E-state index contributed by atoms with van der Waals surface area (Å²) in [5, 5.41) is 28.6. The number of nitrogens with zero attached hydrogens (tertiary/aromatic N) is 4. The summed E-state index contributed by atoms with van der Waals surface area (Å²) in [6.07, 6.45) is -2.92. The second-order valence-corrected chi connectivity index (χ2v) is 3.37. The smallest absolute Gasteiger partial charge is 0.372 e. The zero-order valence-electron chi connectivity index (χ0n) is 8.54. The van der Waals surface area contributed by atoms with Gasteiger partial charge in [-0.2, -0.15) is 14.8 Å². The van der Waals surface area contributed by atoms with E-state index in [0.717, 1.165) is 11.0 Å². The van der Waals surface area contributed by atoms with E-state index in [-0.39, 0.29) is 5.95 Å². The van der Waals surface area contributed by atoms with Crippen molar-refractivity contribution in [3.05, 3.63) is 16.8 Å². The number of hydroxylamine groups is 1. The van der Waals surface area contributed by atoms with Gasteiger partial charge < -0.3 is 21.1 Å². The quantitative estimate of drug-likeness (QED) is 0.411. The van der Waals surface area contributed by atoms with Crippen molar-refractivity contribution in [2.75, 3.05) is 17.5 Å². The molecule has 0 aliphatic carbocycles. The van der Waals surface area contributed by atoms with Gasteiger partial charge >= 0.3 is 5.69 Å². The molecule has 1 aliphatic heterocycles. The first-order valence-electron chi connectivity index (χ1n) is 4.69. The van der Waals surface area contributed by atoms with Crippen LogP contribution in [-0.2, 0) is 4.84 Å². The van der Waals surface area contributed by atoms with E-state index in [0.29, 0.717) is 5.17 Å². The molecule has 0 aromatic carbocycles. The molecule has 1 aliphatic rings. The molecular weight excluding hydrogens is 234 g/mol. The van der Waals surface area contributed by atoms with E-state index in [9.17, 15) is 15.0 Å². The van der Waals surface area contributed by atoms with Crippen LogP contribution in [0.1, 0.15) is 0 Å². The third-order valence-corrected chi connectivity index (χ3v) is 2.25. The SMILES string of the molecule is Nc1ncn(N2O[C@H](CO)[C@@H](O)[C@H]2O)c(=O)n1. The van der Waals surface area contributed by atoms with Crippen LogP contribution in [-0.4, -0.2) is 55.0 Å². The van der Waals surface area contributed by atoms with Gasteiger partial charge in [-0.1, -0.05) is 0 Å². The molecule has 0 amide bonds. The van der Waals surface area contributed by atoms with Crippen LogP contribution >= 0.6 is 0 Å². The van der Waals surface area contributed by atoms with Crippen molar-refractivity contribution in [3.8, 4) is 0 Å². The summed E-state index contributed by atoms with van der Waals surface area (Å²) in [6.45, 7) is -0.515. The fourth-order valence-electron chi connectivity index (χ4n) is 1.38. The Balaban J connectivity index is 2.32. The van der Waals surface area contributed by atoms with Crippen molar-refractivity contribution >= 4 is 5.95 Å². The number of hydrogen-bond acceptors (Lipinski definition) is 9. The Hall–Kier alpha value is -1.75. The molecule has 5 N–H and O–H groups in total. The van der Waals surface area contributed by atoms with Crippen LogP contribution in [0.4, 0.5) is 5.95 Å². The number of nitrogens with two attached hydrogens (primary N) is 1. The molecule has 94 valence electrons. The van der Waals surface area contributed by atoms with Gasteiger partial charge in [0.05, 0.1) is 6.61 Å². The van der Waals surface area contributed by atoms with Crippen LogP contribution in [0.15, 0.2) is 11.1 Å². The first kappa shape index (κ1) is 11.7. The molecule has 0 radical (unpaired) electrons. The standard InChI is InChI=1S/C7H11N5O5/c8-6-9-2-11(7(16)10-6)12-5(15)4(14)3(1-13)17-12/h2-5,13-15H,1H2,(H2,8,10,16)/t3-,4-,5-/m1/s1. The summed E-state index contributed by atoms with van der Waals surface area (Å²) in [7, 11) is 0. The third-order valence-electron chi connectivity index (χ3n) is 2.25. The molecule has 0 unspecified atom stereocenters. The highest BCUT2D eigenvalue weighted by Crippen LogP contribution is 2.17. The third kappa shape index (κ3) is 1.93. The first-order valence-corrected chi connectivity index (χ1v) is 4.69. The Morgan fingerprint density at radius 2 is 2.24 bits per heavy atom. The monoisotopic (exact) mass is 245 g/mol. The first-order chi connectivity index (χ1) is 8.04. The molecule has 2 heterocycles. The van der Waals surface area contributed by atoms with Crippen LogP contribution in [0, 0.1) is 0 Å². The van der Waals surface area contributed by atoms with Crippen LogP contribution in [0.25, 0.3) is 0 Å². The van der Waals surface area contributed by atoms with E-state index >= 15 is 0 Å². The summed E-state index contributed by atoms with van der Waals surface area (Å²) in [5.74, 6) is -0.223. The Labute approximate surface area is 94.4 Å². The summed E-state index contributed by atoms with van der Waals surface area (Å²) in [6, 6.07) is 0. The molecule has 1 aromatic heterocycles. The van der Waals surface area contributed by atoms with E-state index in [1.54, 1.807) is 0 Å². The van der Waals surface area contributed by atoms with E-state index in [4.69, 9.17) is 15.7 Å². The Kier molecular flexibility index (Phi) is 2.93. The largest absolute Gasteiger partial charge is 0.393 e. The van der Waals surface area contributed by atoms with Gasteiger partial charge in [0.25, 0.3) is 0 Å². The number of nitrogen functional groups attached to an aromatic ring is 1. The van der Waals surface area contributed by atoms with Crippen LogP contribution in [0.2, 0.25) is 0 Å². The minimum absolute atomic E-state index is 0.223. The van der Waals surface area contributed by atoms with Crippen molar-refractivity contribution in [2.45, 2.75) is 18.4 Å². The van der Waals surface area contributed by atoms with E-state index < -0.39 is 30.7 Å². The number of aliphatic hydroxyl groups excluding tert-OH is 3. The Morgan fingerprint density at radius 1 is 1.53 bits per heavy atom. The van der Waals surface area contributed by atoms with Crippen LogP contribution in [0.5, 0.6) is 0 Å². The van der Waals surface area contributed by atoms with Gasteiger partial charge in [-0.25, -0.2) is 14.6 Å². The molecule has 10 heteroatoms. The predicted molar refractivity (Wildman–Crippen MR) is 52.9 cm³/mol. The number of anilines is 1. The molecule has 1 saturated heterocycles. The van der Waals surface area contributed by atoms with Gasteiger partial charge in [0.15, 0.2) is 6.23 Å². The number of hydrogen-bond donors (Lipinski definition) is 4. The van der Waals surface area contributed by atoms with E-state index in [2.05, 4.69) is 9.97 Å². The second kappa shape index (κ2) is 4.25. The number of aromatic nitrogens is 3.